The highest BCUT2D eigenvalue weighted by Gasteiger charge is 2.12. The number of halogens is 1. The van der Waals surface area contributed by atoms with Crippen LogP contribution in [0.25, 0.3) is 6.08 Å². The van der Waals surface area contributed by atoms with Gasteiger partial charge in [0.1, 0.15) is 5.82 Å². The minimum atomic E-state index is -0.410. The fraction of sp³-hybridized carbons (Fsp3) is 0.0625. The number of carbonyl (C=O) groups excluding carboxylic acids is 1. The Morgan fingerprint density at radius 3 is 3.04 bits per heavy atom. The molecule has 0 saturated heterocycles. The molecule has 0 aliphatic carbocycles. The second kappa shape index (κ2) is 6.27. The summed E-state index contributed by atoms with van der Waals surface area (Å²) >= 11 is 0. The van der Waals surface area contributed by atoms with Crippen molar-refractivity contribution in [3.8, 4) is 0 Å². The van der Waals surface area contributed by atoms with Gasteiger partial charge in [-0.3, -0.25) is 9.48 Å². The van der Waals surface area contributed by atoms with E-state index in [0.717, 1.165) is 5.56 Å². The van der Waals surface area contributed by atoms with Gasteiger partial charge in [0, 0.05) is 12.3 Å². The standard InChI is InChI=1S/C16H13FN4O2/c1-2-14-7-15(20-23-14)16(22)19-13-8-18-21(10-13)9-11-4-3-5-12(17)6-11/h2-8,10H,1,9H2,(H,19,22). The van der Waals surface area contributed by atoms with E-state index < -0.39 is 5.91 Å². The van der Waals surface area contributed by atoms with Crippen LogP contribution in [0.5, 0.6) is 0 Å². The Morgan fingerprint density at radius 1 is 1.43 bits per heavy atom. The van der Waals surface area contributed by atoms with Crippen molar-refractivity contribution in [1.82, 2.24) is 14.9 Å². The summed E-state index contributed by atoms with van der Waals surface area (Å²) in [6, 6.07) is 7.74. The van der Waals surface area contributed by atoms with Gasteiger partial charge in [0.05, 0.1) is 18.4 Å². The van der Waals surface area contributed by atoms with Gasteiger partial charge in [0.15, 0.2) is 11.5 Å². The lowest BCUT2D eigenvalue weighted by molar-refractivity contribution is 0.101. The molecule has 23 heavy (non-hydrogen) atoms. The highest BCUT2D eigenvalue weighted by atomic mass is 19.1. The second-order valence-electron chi connectivity index (χ2n) is 4.83. The molecular formula is C16H13FN4O2. The first-order chi connectivity index (χ1) is 11.1. The van der Waals surface area contributed by atoms with E-state index in [1.165, 1.54) is 30.5 Å². The van der Waals surface area contributed by atoms with Crippen LogP contribution in [0.2, 0.25) is 0 Å². The predicted octanol–water partition coefficient (Wildman–Crippen LogP) is 2.95. The Bertz CT molecular complexity index is 853. The number of hydrogen-bond donors (Lipinski definition) is 1. The summed E-state index contributed by atoms with van der Waals surface area (Å²) in [6.45, 7) is 3.93. The van der Waals surface area contributed by atoms with Crippen LogP contribution in [0, 0.1) is 5.82 Å². The summed E-state index contributed by atoms with van der Waals surface area (Å²) in [6.07, 6.45) is 4.61. The summed E-state index contributed by atoms with van der Waals surface area (Å²) < 4.78 is 19.6. The van der Waals surface area contributed by atoms with Crippen LogP contribution < -0.4 is 5.32 Å². The van der Waals surface area contributed by atoms with Gasteiger partial charge in [-0.25, -0.2) is 4.39 Å². The van der Waals surface area contributed by atoms with Crippen molar-refractivity contribution in [1.29, 1.82) is 0 Å². The lowest BCUT2D eigenvalue weighted by Crippen LogP contribution is -2.11. The Morgan fingerprint density at radius 2 is 2.30 bits per heavy atom. The van der Waals surface area contributed by atoms with Gasteiger partial charge < -0.3 is 9.84 Å². The van der Waals surface area contributed by atoms with Crippen molar-refractivity contribution in [2.24, 2.45) is 0 Å². The third-order valence-corrected chi connectivity index (χ3v) is 3.09. The molecule has 7 heteroatoms. The lowest BCUT2D eigenvalue weighted by Gasteiger charge is -2.01. The van der Waals surface area contributed by atoms with Crippen LogP contribution in [0.3, 0.4) is 0 Å². The largest absolute Gasteiger partial charge is 0.356 e. The molecule has 0 radical (unpaired) electrons. The summed E-state index contributed by atoms with van der Waals surface area (Å²) in [5, 5.41) is 10.4. The zero-order valence-electron chi connectivity index (χ0n) is 12.1. The molecule has 1 amide bonds. The highest BCUT2D eigenvalue weighted by Crippen LogP contribution is 2.11. The molecule has 0 saturated carbocycles. The van der Waals surface area contributed by atoms with Crippen LogP contribution in [-0.4, -0.2) is 20.8 Å². The molecule has 2 heterocycles. The van der Waals surface area contributed by atoms with Crippen molar-refractivity contribution in [2.45, 2.75) is 6.54 Å². The molecule has 116 valence electrons. The Kier molecular flexibility index (Phi) is 4.01. The average Bonchev–Trinajstić information content (AvgIpc) is 3.16. The van der Waals surface area contributed by atoms with Gasteiger partial charge in [0.25, 0.3) is 5.91 Å². The topological polar surface area (TPSA) is 73.0 Å². The quantitative estimate of drug-likeness (QED) is 0.786. The number of hydrogen-bond acceptors (Lipinski definition) is 4. The summed E-state index contributed by atoms with van der Waals surface area (Å²) in [7, 11) is 0. The predicted molar refractivity (Wildman–Crippen MR) is 82.3 cm³/mol. The number of aromatic nitrogens is 3. The molecule has 2 aromatic heterocycles. The molecule has 3 aromatic rings. The Hall–Kier alpha value is -3.22. The van der Waals surface area contributed by atoms with Crippen molar-refractivity contribution in [3.63, 3.8) is 0 Å². The van der Waals surface area contributed by atoms with Crippen molar-refractivity contribution >= 4 is 17.7 Å². The van der Waals surface area contributed by atoms with Crippen LogP contribution in [0.1, 0.15) is 21.8 Å². The van der Waals surface area contributed by atoms with Crippen molar-refractivity contribution < 1.29 is 13.7 Å². The number of nitrogens with zero attached hydrogens (tertiary/aromatic N) is 3. The molecule has 0 unspecified atom stereocenters. The molecule has 1 N–H and O–H groups in total. The number of anilines is 1. The van der Waals surface area contributed by atoms with Crippen LogP contribution in [0.4, 0.5) is 10.1 Å². The smallest absolute Gasteiger partial charge is 0.277 e. The second-order valence-corrected chi connectivity index (χ2v) is 4.83. The number of benzene rings is 1. The number of amides is 1. The normalized spacial score (nSPS) is 10.5. The molecule has 0 atom stereocenters. The number of rotatable bonds is 5. The zero-order chi connectivity index (χ0) is 16.2. The van der Waals surface area contributed by atoms with E-state index in [0.29, 0.717) is 18.0 Å². The van der Waals surface area contributed by atoms with Gasteiger partial charge in [0.2, 0.25) is 0 Å². The molecule has 1 aromatic carbocycles. The van der Waals surface area contributed by atoms with Crippen LogP contribution >= 0.6 is 0 Å². The van der Waals surface area contributed by atoms with Gasteiger partial charge in [-0.15, -0.1) is 0 Å². The van der Waals surface area contributed by atoms with Gasteiger partial charge in [-0.1, -0.05) is 23.9 Å². The first kappa shape index (κ1) is 14.7. The van der Waals surface area contributed by atoms with Gasteiger partial charge in [-0.05, 0) is 23.8 Å². The monoisotopic (exact) mass is 312 g/mol. The molecule has 0 fully saturated rings. The van der Waals surface area contributed by atoms with Gasteiger partial charge in [-0.2, -0.15) is 5.10 Å². The summed E-state index contributed by atoms with van der Waals surface area (Å²) in [5.74, 6) is -0.295. The van der Waals surface area contributed by atoms with Crippen LogP contribution in [-0.2, 0) is 6.54 Å². The minimum Gasteiger partial charge on any atom is -0.356 e. The maximum atomic E-state index is 13.2. The molecular weight excluding hydrogens is 299 g/mol. The van der Waals surface area contributed by atoms with E-state index >= 15 is 0 Å². The zero-order valence-corrected chi connectivity index (χ0v) is 12.1. The average molecular weight is 312 g/mol. The van der Waals surface area contributed by atoms with Crippen molar-refractivity contribution in [3.05, 3.63) is 72.1 Å². The number of carbonyl (C=O) groups is 1. The van der Waals surface area contributed by atoms with E-state index in [1.807, 2.05) is 0 Å². The maximum Gasteiger partial charge on any atom is 0.277 e. The fourth-order valence-corrected chi connectivity index (χ4v) is 2.02. The molecule has 0 aliphatic heterocycles. The third-order valence-electron chi connectivity index (χ3n) is 3.09. The van der Waals surface area contributed by atoms with E-state index in [9.17, 15) is 9.18 Å². The van der Waals surface area contributed by atoms with E-state index in [1.54, 1.807) is 23.0 Å². The highest BCUT2D eigenvalue weighted by molar-refractivity contribution is 6.02. The first-order valence-electron chi connectivity index (χ1n) is 6.81. The summed E-state index contributed by atoms with van der Waals surface area (Å²) in [4.78, 5) is 12.0. The fourth-order valence-electron chi connectivity index (χ4n) is 2.02. The van der Waals surface area contributed by atoms with Crippen LogP contribution in [0.15, 0.2) is 53.8 Å². The maximum absolute atomic E-state index is 13.2. The lowest BCUT2D eigenvalue weighted by atomic mass is 10.2. The molecule has 0 aliphatic rings. The molecule has 6 nitrogen and oxygen atoms in total. The Labute approximate surface area is 131 Å². The van der Waals surface area contributed by atoms with Crippen molar-refractivity contribution in [2.75, 3.05) is 5.32 Å². The molecule has 0 bridgehead atoms. The molecule has 3 rings (SSSR count). The van der Waals surface area contributed by atoms with E-state index in [2.05, 4.69) is 22.2 Å². The Balaban J connectivity index is 1.67. The first-order valence-corrected chi connectivity index (χ1v) is 6.81. The third kappa shape index (κ3) is 3.52. The van der Waals surface area contributed by atoms with Gasteiger partial charge >= 0.3 is 0 Å². The number of nitrogens with one attached hydrogen (secondary N) is 1. The minimum absolute atomic E-state index is 0.151. The van der Waals surface area contributed by atoms with E-state index in [-0.39, 0.29) is 11.5 Å². The molecule has 0 spiro atoms. The summed E-state index contributed by atoms with van der Waals surface area (Å²) in [5.41, 5.74) is 1.44. The van der Waals surface area contributed by atoms with E-state index in [4.69, 9.17) is 4.52 Å². The SMILES string of the molecule is C=Cc1cc(C(=O)Nc2cnn(Cc3cccc(F)c3)c2)no1.